The number of ether oxygens (including phenoxy) is 2. The average Bonchev–Trinajstić information content (AvgIpc) is 2.10. The molecule has 0 aliphatic rings. The molecule has 0 aromatic rings. The van der Waals surface area contributed by atoms with Gasteiger partial charge in [0.15, 0.2) is 6.29 Å². The Kier molecular flexibility index (Phi) is 5.79. The smallest absolute Gasteiger partial charge is 0.323 e. The molecular formula is C10H21NO4. The van der Waals surface area contributed by atoms with Gasteiger partial charge in [-0.25, -0.2) is 0 Å². The van der Waals surface area contributed by atoms with Gasteiger partial charge in [-0.05, 0) is 27.2 Å². The van der Waals surface area contributed by atoms with Crippen LogP contribution in [0.3, 0.4) is 0 Å². The molecule has 2 atom stereocenters. The summed E-state index contributed by atoms with van der Waals surface area (Å²) in [7, 11) is 1.39. The van der Waals surface area contributed by atoms with Gasteiger partial charge in [-0.15, -0.1) is 0 Å². The lowest BCUT2D eigenvalue weighted by atomic mass is 10.1. The predicted molar refractivity (Wildman–Crippen MR) is 56.1 cm³/mol. The zero-order valence-corrected chi connectivity index (χ0v) is 9.82. The summed E-state index contributed by atoms with van der Waals surface area (Å²) in [6.45, 7) is 5.34. The number of nitrogens with two attached hydrogens (primary N) is 1. The Balaban J connectivity index is 3.90. The first kappa shape index (κ1) is 14.3. The van der Waals surface area contributed by atoms with Crippen LogP contribution in [0, 0.1) is 0 Å². The first-order valence-corrected chi connectivity index (χ1v) is 4.95. The van der Waals surface area contributed by atoms with Gasteiger partial charge < -0.3 is 20.3 Å². The van der Waals surface area contributed by atoms with Crippen molar-refractivity contribution in [3.63, 3.8) is 0 Å². The molecule has 0 heterocycles. The molecule has 0 aromatic heterocycles. The lowest BCUT2D eigenvalue weighted by molar-refractivity contribution is -0.157. The van der Waals surface area contributed by atoms with Crippen LogP contribution < -0.4 is 5.73 Å². The normalized spacial score (nSPS) is 15.9. The van der Waals surface area contributed by atoms with Gasteiger partial charge in [-0.2, -0.15) is 0 Å². The fraction of sp³-hybridized carbons (Fsp3) is 0.900. The first-order chi connectivity index (χ1) is 6.76. The Hall–Kier alpha value is -0.650. The molecule has 0 bridgehead atoms. The number of hydrogen-bond acceptors (Lipinski definition) is 5. The summed E-state index contributed by atoms with van der Waals surface area (Å²) in [5, 5.41) is 9.09. The largest absolute Gasteiger partial charge is 0.459 e. The fourth-order valence-corrected chi connectivity index (χ4v) is 0.935. The maximum atomic E-state index is 11.4. The standard InChI is InChI=1S/C10H21NO4/c1-10(2,3)15-9(13)7(11)5-6-8(12)14-4/h7-8,12H,5-6,11H2,1-4H3. The molecule has 3 N–H and O–H groups in total. The van der Waals surface area contributed by atoms with Crippen molar-refractivity contribution in [2.75, 3.05) is 7.11 Å². The molecule has 0 radical (unpaired) electrons. The molecule has 90 valence electrons. The van der Waals surface area contributed by atoms with E-state index in [-0.39, 0.29) is 0 Å². The lowest BCUT2D eigenvalue weighted by Crippen LogP contribution is -2.37. The zero-order valence-electron chi connectivity index (χ0n) is 9.82. The van der Waals surface area contributed by atoms with Crippen LogP contribution in [0.25, 0.3) is 0 Å². The summed E-state index contributed by atoms with van der Waals surface area (Å²) in [5.41, 5.74) is 5.05. The highest BCUT2D eigenvalue weighted by Gasteiger charge is 2.22. The van der Waals surface area contributed by atoms with E-state index in [1.807, 2.05) is 0 Å². The van der Waals surface area contributed by atoms with E-state index < -0.39 is 23.9 Å². The third kappa shape index (κ3) is 7.30. The number of methoxy groups -OCH3 is 1. The van der Waals surface area contributed by atoms with E-state index in [0.29, 0.717) is 12.8 Å². The number of rotatable bonds is 5. The van der Waals surface area contributed by atoms with Gasteiger partial charge in [0.05, 0.1) is 0 Å². The van der Waals surface area contributed by atoms with Gasteiger partial charge >= 0.3 is 5.97 Å². The van der Waals surface area contributed by atoms with Gasteiger partial charge in [-0.1, -0.05) is 0 Å². The highest BCUT2D eigenvalue weighted by atomic mass is 16.6. The van der Waals surface area contributed by atoms with Gasteiger partial charge in [0.2, 0.25) is 0 Å². The predicted octanol–water partition coefficient (Wildman–Crippen LogP) is 0.400. The molecule has 0 rings (SSSR count). The highest BCUT2D eigenvalue weighted by Crippen LogP contribution is 2.10. The topological polar surface area (TPSA) is 81.8 Å². The van der Waals surface area contributed by atoms with Gasteiger partial charge in [0.25, 0.3) is 0 Å². The second-order valence-electron chi connectivity index (χ2n) is 4.41. The average molecular weight is 219 g/mol. The number of carbonyl (C=O) groups excluding carboxylic acids is 1. The summed E-state index contributed by atoms with van der Waals surface area (Å²) in [5.74, 6) is -0.453. The second kappa shape index (κ2) is 6.05. The van der Waals surface area contributed by atoms with E-state index in [0.717, 1.165) is 0 Å². The third-order valence-electron chi connectivity index (χ3n) is 1.71. The van der Waals surface area contributed by atoms with E-state index in [1.165, 1.54) is 7.11 Å². The SMILES string of the molecule is COC(O)CCC(N)C(=O)OC(C)(C)C. The van der Waals surface area contributed by atoms with E-state index in [4.69, 9.17) is 15.6 Å². The molecule has 15 heavy (non-hydrogen) atoms. The molecule has 0 aliphatic carbocycles. The minimum atomic E-state index is -0.876. The van der Waals surface area contributed by atoms with Crippen molar-refractivity contribution in [3.05, 3.63) is 0 Å². The van der Waals surface area contributed by atoms with Crippen LogP contribution in [-0.2, 0) is 14.3 Å². The lowest BCUT2D eigenvalue weighted by Gasteiger charge is -2.22. The maximum Gasteiger partial charge on any atom is 0.323 e. The van der Waals surface area contributed by atoms with Crippen molar-refractivity contribution in [1.29, 1.82) is 0 Å². The maximum absolute atomic E-state index is 11.4. The first-order valence-electron chi connectivity index (χ1n) is 4.95. The van der Waals surface area contributed by atoms with Crippen LogP contribution in [-0.4, -0.2) is 36.1 Å². The number of carbonyl (C=O) groups is 1. The molecule has 5 heteroatoms. The molecule has 0 saturated carbocycles. The summed E-state index contributed by atoms with van der Waals surface area (Å²) in [4.78, 5) is 11.4. The Bertz CT molecular complexity index is 200. The van der Waals surface area contributed by atoms with E-state index in [2.05, 4.69) is 4.74 Å². The minimum absolute atomic E-state index is 0.316. The van der Waals surface area contributed by atoms with Crippen molar-refractivity contribution in [2.45, 2.75) is 51.5 Å². The molecule has 0 aromatic carbocycles. The van der Waals surface area contributed by atoms with E-state index >= 15 is 0 Å². The van der Waals surface area contributed by atoms with Crippen LogP contribution in [0.15, 0.2) is 0 Å². The Morgan fingerprint density at radius 1 is 1.40 bits per heavy atom. The van der Waals surface area contributed by atoms with Crippen LogP contribution in [0.4, 0.5) is 0 Å². The summed E-state index contributed by atoms with van der Waals surface area (Å²) >= 11 is 0. The van der Waals surface area contributed by atoms with Crippen LogP contribution in [0.2, 0.25) is 0 Å². The zero-order chi connectivity index (χ0) is 12.1. The monoisotopic (exact) mass is 219 g/mol. The molecule has 0 spiro atoms. The van der Waals surface area contributed by atoms with E-state index in [9.17, 15) is 4.79 Å². The van der Waals surface area contributed by atoms with Crippen molar-refractivity contribution >= 4 is 5.97 Å². The molecule has 5 nitrogen and oxygen atoms in total. The van der Waals surface area contributed by atoms with Crippen LogP contribution in [0.1, 0.15) is 33.6 Å². The van der Waals surface area contributed by atoms with E-state index in [1.54, 1.807) is 20.8 Å². The number of esters is 1. The van der Waals surface area contributed by atoms with Gasteiger partial charge in [-0.3, -0.25) is 4.79 Å². The van der Waals surface area contributed by atoms with Gasteiger partial charge in [0, 0.05) is 13.5 Å². The Morgan fingerprint density at radius 3 is 2.33 bits per heavy atom. The van der Waals surface area contributed by atoms with Crippen LogP contribution in [0.5, 0.6) is 0 Å². The van der Waals surface area contributed by atoms with Crippen molar-refractivity contribution in [1.82, 2.24) is 0 Å². The summed E-state index contributed by atoms with van der Waals surface area (Å²) < 4.78 is 9.71. The molecular weight excluding hydrogens is 198 g/mol. The molecule has 0 aliphatic heterocycles. The van der Waals surface area contributed by atoms with Crippen molar-refractivity contribution < 1.29 is 19.4 Å². The third-order valence-corrected chi connectivity index (χ3v) is 1.71. The fourth-order valence-electron chi connectivity index (χ4n) is 0.935. The second-order valence-corrected chi connectivity index (χ2v) is 4.41. The molecule has 0 saturated heterocycles. The highest BCUT2D eigenvalue weighted by molar-refractivity contribution is 5.75. The van der Waals surface area contributed by atoms with Crippen LogP contribution >= 0.6 is 0 Å². The molecule has 0 fully saturated rings. The van der Waals surface area contributed by atoms with Gasteiger partial charge in [0.1, 0.15) is 11.6 Å². The number of hydrogen-bond donors (Lipinski definition) is 2. The minimum Gasteiger partial charge on any atom is -0.459 e. The quantitative estimate of drug-likeness (QED) is 0.516. The number of aliphatic hydroxyl groups is 1. The Labute approximate surface area is 90.5 Å². The molecule has 2 unspecified atom stereocenters. The van der Waals surface area contributed by atoms with Crippen molar-refractivity contribution in [3.8, 4) is 0 Å². The summed E-state index contributed by atoms with van der Waals surface area (Å²) in [6.07, 6.45) is -0.223. The number of aliphatic hydroxyl groups excluding tert-OH is 1. The van der Waals surface area contributed by atoms with Crippen molar-refractivity contribution in [2.24, 2.45) is 5.73 Å². The summed E-state index contributed by atoms with van der Waals surface area (Å²) in [6, 6.07) is -0.714. The Morgan fingerprint density at radius 2 is 1.93 bits per heavy atom. The molecule has 0 amide bonds.